The molecule has 8 heteroatoms. The van der Waals surface area contributed by atoms with Crippen molar-refractivity contribution in [1.29, 1.82) is 0 Å². The molecule has 0 unspecified atom stereocenters. The molecule has 1 aromatic carbocycles. The van der Waals surface area contributed by atoms with E-state index in [0.29, 0.717) is 21.2 Å². The van der Waals surface area contributed by atoms with Gasteiger partial charge < -0.3 is 16.0 Å². The summed E-state index contributed by atoms with van der Waals surface area (Å²) in [6.45, 7) is 1.77. The highest BCUT2D eigenvalue weighted by atomic mass is 35.5. The van der Waals surface area contributed by atoms with Gasteiger partial charge in [0, 0.05) is 18.2 Å². The number of rotatable bonds is 4. The second kappa shape index (κ2) is 9.20. The minimum atomic E-state index is -0.235. The van der Waals surface area contributed by atoms with Crippen LogP contribution in [0.2, 0.25) is 5.02 Å². The molecule has 2 amide bonds. The summed E-state index contributed by atoms with van der Waals surface area (Å²) >= 11 is 7.49. The Morgan fingerprint density at radius 2 is 2.08 bits per heavy atom. The summed E-state index contributed by atoms with van der Waals surface area (Å²) in [5.74, 6) is -0.395. The van der Waals surface area contributed by atoms with Crippen LogP contribution in [-0.4, -0.2) is 30.9 Å². The van der Waals surface area contributed by atoms with Gasteiger partial charge in [0.1, 0.15) is 0 Å². The molecular formula is C17H19Cl2N3O2S. The first-order chi connectivity index (χ1) is 11.6. The van der Waals surface area contributed by atoms with Crippen molar-refractivity contribution >= 4 is 52.8 Å². The number of hydrogen-bond acceptors (Lipinski definition) is 4. The van der Waals surface area contributed by atoms with Gasteiger partial charge in [-0.3, -0.25) is 9.59 Å². The summed E-state index contributed by atoms with van der Waals surface area (Å²) in [5, 5.41) is 11.3. The Morgan fingerprint density at radius 3 is 2.76 bits per heavy atom. The highest BCUT2D eigenvalue weighted by molar-refractivity contribution is 7.12. The van der Waals surface area contributed by atoms with Crippen molar-refractivity contribution in [2.24, 2.45) is 0 Å². The van der Waals surface area contributed by atoms with Gasteiger partial charge in [0.2, 0.25) is 0 Å². The van der Waals surface area contributed by atoms with E-state index in [1.54, 1.807) is 24.3 Å². The van der Waals surface area contributed by atoms with Gasteiger partial charge in [-0.15, -0.1) is 23.7 Å². The van der Waals surface area contributed by atoms with Crippen LogP contribution >= 0.6 is 35.3 Å². The Kier molecular flexibility index (Phi) is 7.25. The molecule has 5 nitrogen and oxygen atoms in total. The van der Waals surface area contributed by atoms with E-state index < -0.39 is 0 Å². The van der Waals surface area contributed by atoms with Crippen LogP contribution in [0.15, 0.2) is 35.7 Å². The van der Waals surface area contributed by atoms with E-state index in [2.05, 4.69) is 16.0 Å². The van der Waals surface area contributed by atoms with Crippen LogP contribution in [0.5, 0.6) is 0 Å². The van der Waals surface area contributed by atoms with Crippen molar-refractivity contribution in [2.75, 3.05) is 18.4 Å². The summed E-state index contributed by atoms with van der Waals surface area (Å²) in [5.41, 5.74) is 0.913. The number of hydrogen-bond donors (Lipinski definition) is 3. The maximum atomic E-state index is 12.4. The van der Waals surface area contributed by atoms with Crippen molar-refractivity contribution in [3.63, 3.8) is 0 Å². The van der Waals surface area contributed by atoms with Gasteiger partial charge >= 0.3 is 0 Å². The first kappa shape index (κ1) is 19.7. The van der Waals surface area contributed by atoms with Crippen LogP contribution in [0.4, 0.5) is 5.69 Å². The smallest absolute Gasteiger partial charge is 0.265 e. The Hall–Kier alpha value is -1.60. The third kappa shape index (κ3) is 5.19. The van der Waals surface area contributed by atoms with Crippen molar-refractivity contribution in [2.45, 2.75) is 18.9 Å². The summed E-state index contributed by atoms with van der Waals surface area (Å²) in [7, 11) is 0. The fraction of sp³-hybridized carbons (Fsp3) is 0.294. The molecule has 25 heavy (non-hydrogen) atoms. The predicted octanol–water partition coefficient (Wildman–Crippen LogP) is 3.56. The van der Waals surface area contributed by atoms with Crippen LogP contribution in [0.25, 0.3) is 0 Å². The number of benzene rings is 1. The van der Waals surface area contributed by atoms with Gasteiger partial charge in [0.15, 0.2) is 0 Å². The van der Waals surface area contributed by atoms with Crippen molar-refractivity contribution < 1.29 is 9.59 Å². The second-order valence-corrected chi connectivity index (χ2v) is 7.00. The fourth-order valence-corrected chi connectivity index (χ4v) is 3.38. The quantitative estimate of drug-likeness (QED) is 0.735. The first-order valence-electron chi connectivity index (χ1n) is 7.79. The molecule has 3 N–H and O–H groups in total. The fourth-order valence-electron chi connectivity index (χ4n) is 2.60. The zero-order valence-electron chi connectivity index (χ0n) is 13.4. The summed E-state index contributed by atoms with van der Waals surface area (Å²) < 4.78 is 0. The minimum absolute atomic E-state index is 0. The molecule has 134 valence electrons. The van der Waals surface area contributed by atoms with Crippen LogP contribution < -0.4 is 16.0 Å². The van der Waals surface area contributed by atoms with Gasteiger partial charge in [-0.2, -0.15) is 0 Å². The van der Waals surface area contributed by atoms with Crippen LogP contribution in [0.1, 0.15) is 32.9 Å². The molecule has 2 aromatic rings. The van der Waals surface area contributed by atoms with Gasteiger partial charge in [0.25, 0.3) is 11.8 Å². The third-order valence-corrected chi connectivity index (χ3v) is 5.05. The lowest BCUT2D eigenvalue weighted by Crippen LogP contribution is -2.45. The molecule has 1 aromatic heterocycles. The SMILES string of the molecule is Cl.O=C(N[C@H]1CCCNC1)c1ccc(Cl)c(NC(=O)c2cccs2)c1. The molecule has 1 aliphatic rings. The lowest BCUT2D eigenvalue weighted by molar-refractivity contribution is 0.0929. The normalized spacial score (nSPS) is 16.6. The molecule has 0 aliphatic carbocycles. The van der Waals surface area contributed by atoms with Crippen LogP contribution in [-0.2, 0) is 0 Å². The number of halogens is 2. The maximum absolute atomic E-state index is 12.4. The molecule has 1 atom stereocenters. The molecule has 1 fully saturated rings. The summed E-state index contributed by atoms with van der Waals surface area (Å²) in [6.07, 6.45) is 2.02. The van der Waals surface area contributed by atoms with Gasteiger partial charge in [0.05, 0.1) is 15.6 Å². The highest BCUT2D eigenvalue weighted by Crippen LogP contribution is 2.24. The van der Waals surface area contributed by atoms with Crippen molar-refractivity contribution in [1.82, 2.24) is 10.6 Å². The molecule has 3 rings (SSSR count). The number of thiophene rings is 1. The molecule has 2 heterocycles. The minimum Gasteiger partial charge on any atom is -0.348 e. The number of carbonyl (C=O) groups is 2. The largest absolute Gasteiger partial charge is 0.348 e. The third-order valence-electron chi connectivity index (χ3n) is 3.85. The van der Waals surface area contributed by atoms with E-state index in [9.17, 15) is 9.59 Å². The van der Waals surface area contributed by atoms with Gasteiger partial charge in [-0.25, -0.2) is 0 Å². The number of nitrogens with one attached hydrogen (secondary N) is 3. The molecular weight excluding hydrogens is 381 g/mol. The lowest BCUT2D eigenvalue weighted by atomic mass is 10.1. The van der Waals surface area contributed by atoms with E-state index in [1.807, 2.05) is 11.4 Å². The summed E-state index contributed by atoms with van der Waals surface area (Å²) in [4.78, 5) is 25.1. The van der Waals surface area contributed by atoms with E-state index in [-0.39, 0.29) is 30.3 Å². The molecule has 0 saturated carbocycles. The number of anilines is 1. The number of piperidine rings is 1. The zero-order chi connectivity index (χ0) is 16.9. The summed E-state index contributed by atoms with van der Waals surface area (Å²) in [6, 6.07) is 8.57. The highest BCUT2D eigenvalue weighted by Gasteiger charge is 2.17. The van der Waals surface area contributed by atoms with Crippen molar-refractivity contribution in [3.05, 3.63) is 51.2 Å². The molecule has 0 bridgehead atoms. The first-order valence-corrected chi connectivity index (χ1v) is 9.05. The lowest BCUT2D eigenvalue weighted by Gasteiger charge is -2.23. The average Bonchev–Trinajstić information content (AvgIpc) is 3.12. The topological polar surface area (TPSA) is 70.2 Å². The van der Waals surface area contributed by atoms with E-state index in [0.717, 1.165) is 25.9 Å². The van der Waals surface area contributed by atoms with Crippen molar-refractivity contribution in [3.8, 4) is 0 Å². The maximum Gasteiger partial charge on any atom is 0.265 e. The Balaban J connectivity index is 0.00000225. The van der Waals surface area contributed by atoms with Crippen LogP contribution in [0.3, 0.4) is 0 Å². The Bertz CT molecular complexity index is 731. The average molecular weight is 400 g/mol. The van der Waals surface area contributed by atoms with Gasteiger partial charge in [-0.05, 0) is 49.0 Å². The standard InChI is InChI=1S/C17H18ClN3O2S.ClH/c18-13-6-5-11(16(22)20-12-3-1-7-19-10-12)9-14(13)21-17(23)15-4-2-8-24-15;/h2,4-6,8-9,12,19H,1,3,7,10H2,(H,20,22)(H,21,23);1H/t12-;/m0./s1. The molecule has 1 aliphatic heterocycles. The monoisotopic (exact) mass is 399 g/mol. The van der Waals surface area contributed by atoms with E-state index in [4.69, 9.17) is 11.6 Å². The van der Waals surface area contributed by atoms with Gasteiger partial charge in [-0.1, -0.05) is 17.7 Å². The van der Waals surface area contributed by atoms with Crippen LogP contribution in [0, 0.1) is 0 Å². The zero-order valence-corrected chi connectivity index (χ0v) is 15.8. The van der Waals surface area contributed by atoms with E-state index in [1.165, 1.54) is 11.3 Å². The molecule has 0 spiro atoms. The number of amides is 2. The second-order valence-electron chi connectivity index (χ2n) is 5.64. The Labute approximate surface area is 161 Å². The van der Waals surface area contributed by atoms with E-state index >= 15 is 0 Å². The molecule has 1 saturated heterocycles. The Morgan fingerprint density at radius 1 is 1.24 bits per heavy atom. The number of carbonyl (C=O) groups excluding carboxylic acids is 2. The molecule has 0 radical (unpaired) electrons. The predicted molar refractivity (Wildman–Crippen MR) is 104 cm³/mol.